The Balaban J connectivity index is 0.00000242. The first-order valence-electron chi connectivity index (χ1n) is 7.59. The first-order valence-corrected chi connectivity index (χ1v) is 8.38. The van der Waals surface area contributed by atoms with Crippen LogP contribution in [0.15, 0.2) is 16.6 Å². The van der Waals surface area contributed by atoms with Gasteiger partial charge in [0.1, 0.15) is 0 Å². The number of piperazine rings is 1. The first-order chi connectivity index (χ1) is 10.1. The molecule has 1 atom stereocenters. The summed E-state index contributed by atoms with van der Waals surface area (Å²) in [5.74, 6) is 1.60. The van der Waals surface area contributed by atoms with E-state index in [9.17, 15) is 0 Å². The quantitative estimate of drug-likeness (QED) is 0.802. The Morgan fingerprint density at radius 2 is 2.18 bits per heavy atom. The van der Waals surface area contributed by atoms with Gasteiger partial charge in [-0.15, -0.1) is 12.4 Å². The van der Waals surface area contributed by atoms with E-state index in [0.717, 1.165) is 48.6 Å². The minimum absolute atomic E-state index is 0. The van der Waals surface area contributed by atoms with Crippen LogP contribution in [-0.2, 0) is 6.54 Å². The van der Waals surface area contributed by atoms with Gasteiger partial charge in [0.2, 0.25) is 0 Å². The van der Waals surface area contributed by atoms with Crippen molar-refractivity contribution in [3.63, 3.8) is 0 Å². The topological polar surface area (TPSA) is 33.7 Å². The van der Waals surface area contributed by atoms with Crippen LogP contribution in [-0.4, -0.2) is 44.3 Å². The van der Waals surface area contributed by atoms with Gasteiger partial charge < -0.3 is 14.8 Å². The number of methoxy groups -OCH3 is 1. The molecule has 1 aliphatic rings. The zero-order valence-electron chi connectivity index (χ0n) is 13.5. The first kappa shape index (κ1) is 19.6. The maximum atomic E-state index is 5.77. The fraction of sp³-hybridized carbons (Fsp3) is 0.625. The highest BCUT2D eigenvalue weighted by Gasteiger charge is 2.17. The van der Waals surface area contributed by atoms with E-state index in [4.69, 9.17) is 9.47 Å². The molecule has 0 unspecified atom stereocenters. The van der Waals surface area contributed by atoms with E-state index >= 15 is 0 Å². The zero-order valence-corrected chi connectivity index (χ0v) is 15.9. The second-order valence-electron chi connectivity index (χ2n) is 5.55. The molecule has 1 saturated heterocycles. The van der Waals surface area contributed by atoms with Crippen molar-refractivity contribution in [3.05, 3.63) is 22.2 Å². The number of hydrogen-bond acceptors (Lipinski definition) is 4. The van der Waals surface area contributed by atoms with Crippen LogP contribution in [0.5, 0.6) is 11.5 Å². The molecule has 1 aliphatic heterocycles. The van der Waals surface area contributed by atoms with Gasteiger partial charge in [-0.2, -0.15) is 0 Å². The Hall–Kier alpha value is -0.490. The predicted octanol–water partition coefficient (Wildman–Crippen LogP) is 3.46. The smallest absolute Gasteiger partial charge is 0.175 e. The van der Waals surface area contributed by atoms with Crippen molar-refractivity contribution in [2.75, 3.05) is 33.4 Å². The molecule has 1 aromatic rings. The third-order valence-electron chi connectivity index (χ3n) is 3.60. The fourth-order valence-electron chi connectivity index (χ4n) is 2.62. The maximum absolute atomic E-state index is 5.77. The summed E-state index contributed by atoms with van der Waals surface area (Å²) in [7, 11) is 1.69. The van der Waals surface area contributed by atoms with Gasteiger partial charge in [-0.25, -0.2) is 0 Å². The molecule has 22 heavy (non-hydrogen) atoms. The number of nitrogens with zero attached hydrogens (tertiary/aromatic N) is 1. The standard InChI is InChI=1S/C16H25BrN2O2.ClH/c1-4-7-21-16-14(17)8-13(9-15(16)20-3)11-19-6-5-18-12(2)10-19;/h8-9,12,18H,4-7,10-11H2,1-3H3;1H/t12-;/m0./s1. The largest absolute Gasteiger partial charge is 0.493 e. The number of nitrogens with one attached hydrogen (secondary N) is 1. The minimum Gasteiger partial charge on any atom is -0.493 e. The Kier molecular flexibility index (Phi) is 8.54. The number of ether oxygens (including phenoxy) is 2. The molecule has 4 nitrogen and oxygen atoms in total. The molecule has 1 heterocycles. The third kappa shape index (κ3) is 5.30. The molecule has 2 rings (SSSR count). The lowest BCUT2D eigenvalue weighted by Crippen LogP contribution is -2.48. The van der Waals surface area contributed by atoms with Crippen molar-refractivity contribution in [1.82, 2.24) is 10.2 Å². The summed E-state index contributed by atoms with van der Waals surface area (Å²) in [6, 6.07) is 4.78. The lowest BCUT2D eigenvalue weighted by molar-refractivity contribution is 0.199. The van der Waals surface area contributed by atoms with Crippen molar-refractivity contribution in [3.8, 4) is 11.5 Å². The van der Waals surface area contributed by atoms with E-state index in [0.29, 0.717) is 12.6 Å². The highest BCUT2D eigenvalue weighted by Crippen LogP contribution is 2.37. The highest BCUT2D eigenvalue weighted by molar-refractivity contribution is 9.10. The molecule has 0 bridgehead atoms. The van der Waals surface area contributed by atoms with Crippen LogP contribution in [0.2, 0.25) is 0 Å². The van der Waals surface area contributed by atoms with Crippen LogP contribution in [0.25, 0.3) is 0 Å². The van der Waals surface area contributed by atoms with E-state index in [1.54, 1.807) is 7.11 Å². The average molecular weight is 394 g/mol. The van der Waals surface area contributed by atoms with Gasteiger partial charge >= 0.3 is 0 Å². The normalized spacial score (nSPS) is 18.6. The van der Waals surface area contributed by atoms with Crippen molar-refractivity contribution in [2.45, 2.75) is 32.9 Å². The van der Waals surface area contributed by atoms with Gasteiger partial charge in [-0.05, 0) is 47.0 Å². The monoisotopic (exact) mass is 392 g/mol. The van der Waals surface area contributed by atoms with Gasteiger partial charge in [0.25, 0.3) is 0 Å². The van der Waals surface area contributed by atoms with Crippen LogP contribution >= 0.6 is 28.3 Å². The lowest BCUT2D eigenvalue weighted by atomic mass is 10.1. The van der Waals surface area contributed by atoms with E-state index in [1.807, 2.05) is 0 Å². The van der Waals surface area contributed by atoms with Crippen molar-refractivity contribution < 1.29 is 9.47 Å². The fourth-order valence-corrected chi connectivity index (χ4v) is 3.23. The third-order valence-corrected chi connectivity index (χ3v) is 4.19. The summed E-state index contributed by atoms with van der Waals surface area (Å²) in [5.41, 5.74) is 1.25. The average Bonchev–Trinajstić information content (AvgIpc) is 2.45. The molecule has 1 fully saturated rings. The summed E-state index contributed by atoms with van der Waals surface area (Å²) in [6.45, 7) is 9.17. The lowest BCUT2D eigenvalue weighted by Gasteiger charge is -2.32. The summed E-state index contributed by atoms with van der Waals surface area (Å²) >= 11 is 3.61. The van der Waals surface area contributed by atoms with E-state index in [2.05, 4.69) is 52.1 Å². The molecule has 1 N–H and O–H groups in total. The molecule has 0 saturated carbocycles. The Labute approximate surface area is 148 Å². The van der Waals surface area contributed by atoms with Gasteiger partial charge in [-0.1, -0.05) is 6.92 Å². The molecule has 126 valence electrons. The van der Waals surface area contributed by atoms with Crippen molar-refractivity contribution in [1.29, 1.82) is 0 Å². The summed E-state index contributed by atoms with van der Waals surface area (Å²) in [4.78, 5) is 2.47. The van der Waals surface area contributed by atoms with Crippen LogP contribution in [0, 0.1) is 0 Å². The maximum Gasteiger partial charge on any atom is 0.175 e. The zero-order chi connectivity index (χ0) is 15.2. The number of benzene rings is 1. The molecule has 0 aromatic heterocycles. The molecule has 0 radical (unpaired) electrons. The predicted molar refractivity (Wildman–Crippen MR) is 96.5 cm³/mol. The summed E-state index contributed by atoms with van der Waals surface area (Å²) in [6.07, 6.45) is 0.982. The van der Waals surface area contributed by atoms with Crippen LogP contribution in [0.4, 0.5) is 0 Å². The molecule has 0 spiro atoms. The van der Waals surface area contributed by atoms with Crippen LogP contribution < -0.4 is 14.8 Å². The van der Waals surface area contributed by atoms with Gasteiger partial charge in [-0.3, -0.25) is 4.90 Å². The van der Waals surface area contributed by atoms with Crippen molar-refractivity contribution in [2.24, 2.45) is 0 Å². The van der Waals surface area contributed by atoms with E-state index < -0.39 is 0 Å². The number of rotatable bonds is 6. The number of hydrogen-bond donors (Lipinski definition) is 1. The van der Waals surface area contributed by atoms with E-state index in [-0.39, 0.29) is 12.4 Å². The van der Waals surface area contributed by atoms with Crippen LogP contribution in [0.3, 0.4) is 0 Å². The minimum atomic E-state index is 0. The molecular formula is C16H26BrClN2O2. The van der Waals surface area contributed by atoms with Gasteiger partial charge in [0.15, 0.2) is 11.5 Å². The SMILES string of the molecule is CCCOc1c(Br)cc(CN2CCN[C@@H](C)C2)cc1OC.Cl. The summed E-state index contributed by atoms with van der Waals surface area (Å²) < 4.78 is 12.2. The molecular weight excluding hydrogens is 368 g/mol. The summed E-state index contributed by atoms with van der Waals surface area (Å²) in [5, 5.41) is 3.47. The highest BCUT2D eigenvalue weighted by atomic mass is 79.9. The van der Waals surface area contributed by atoms with E-state index in [1.165, 1.54) is 5.56 Å². The second kappa shape index (κ2) is 9.60. The Morgan fingerprint density at radius 1 is 1.41 bits per heavy atom. The second-order valence-corrected chi connectivity index (χ2v) is 6.40. The Bertz CT molecular complexity index is 474. The van der Waals surface area contributed by atoms with Crippen molar-refractivity contribution >= 4 is 28.3 Å². The number of halogens is 2. The molecule has 0 amide bonds. The Morgan fingerprint density at radius 3 is 2.82 bits per heavy atom. The van der Waals surface area contributed by atoms with Gasteiger partial charge in [0, 0.05) is 32.2 Å². The molecule has 0 aliphatic carbocycles. The molecule has 6 heteroatoms. The molecule has 1 aromatic carbocycles. The van der Waals surface area contributed by atoms with Crippen LogP contribution in [0.1, 0.15) is 25.8 Å². The van der Waals surface area contributed by atoms with Gasteiger partial charge in [0.05, 0.1) is 18.2 Å².